The van der Waals surface area contributed by atoms with Crippen molar-refractivity contribution in [2.45, 2.75) is 32.4 Å². The van der Waals surface area contributed by atoms with Crippen molar-refractivity contribution >= 4 is 17.3 Å². The van der Waals surface area contributed by atoms with Crippen LogP contribution in [0.5, 0.6) is 0 Å². The standard InChI is InChI=1S/C18H22ClNO/c1-4-18(21)14-8-10-17(11-9-14)20(3)13(2)15-6-5-7-16(19)12-15/h5-13,18,21H,4H2,1-3H3/t13?,18-/m0/s1. The quantitative estimate of drug-likeness (QED) is 0.842. The third-order valence-corrected chi connectivity index (χ3v) is 4.22. The molecule has 112 valence electrons. The van der Waals surface area contributed by atoms with Gasteiger partial charge in [-0.2, -0.15) is 0 Å². The molecule has 0 saturated heterocycles. The number of aliphatic hydroxyl groups excluding tert-OH is 1. The Kier molecular flexibility index (Phi) is 5.27. The summed E-state index contributed by atoms with van der Waals surface area (Å²) < 4.78 is 0. The lowest BCUT2D eigenvalue weighted by Gasteiger charge is -2.28. The zero-order chi connectivity index (χ0) is 15.4. The van der Waals surface area contributed by atoms with Crippen LogP contribution in [0.3, 0.4) is 0 Å². The van der Waals surface area contributed by atoms with E-state index in [1.54, 1.807) is 0 Å². The van der Waals surface area contributed by atoms with Gasteiger partial charge in [0.25, 0.3) is 0 Å². The fourth-order valence-electron chi connectivity index (χ4n) is 2.38. The normalized spacial score (nSPS) is 13.8. The molecule has 1 N–H and O–H groups in total. The van der Waals surface area contributed by atoms with Gasteiger partial charge in [-0.3, -0.25) is 0 Å². The van der Waals surface area contributed by atoms with E-state index in [0.717, 1.165) is 22.7 Å². The van der Waals surface area contributed by atoms with Crippen LogP contribution in [-0.4, -0.2) is 12.2 Å². The minimum atomic E-state index is -0.380. The van der Waals surface area contributed by atoms with E-state index in [4.69, 9.17) is 11.6 Å². The summed E-state index contributed by atoms with van der Waals surface area (Å²) in [6, 6.07) is 16.3. The van der Waals surface area contributed by atoms with Gasteiger partial charge < -0.3 is 10.0 Å². The summed E-state index contributed by atoms with van der Waals surface area (Å²) in [5.74, 6) is 0. The monoisotopic (exact) mass is 303 g/mol. The average Bonchev–Trinajstić information content (AvgIpc) is 2.53. The molecule has 0 heterocycles. The van der Waals surface area contributed by atoms with Crippen molar-refractivity contribution in [3.63, 3.8) is 0 Å². The van der Waals surface area contributed by atoms with Crippen molar-refractivity contribution in [2.75, 3.05) is 11.9 Å². The predicted octanol–water partition coefficient (Wildman–Crippen LogP) is 4.98. The van der Waals surface area contributed by atoms with Crippen LogP contribution in [0.4, 0.5) is 5.69 Å². The summed E-state index contributed by atoms with van der Waals surface area (Å²) in [5.41, 5.74) is 3.27. The van der Waals surface area contributed by atoms with Crippen LogP contribution in [-0.2, 0) is 0 Å². The number of benzene rings is 2. The third-order valence-electron chi connectivity index (χ3n) is 3.98. The molecule has 1 unspecified atom stereocenters. The first kappa shape index (κ1) is 15.9. The van der Waals surface area contributed by atoms with Gasteiger partial charge in [-0.25, -0.2) is 0 Å². The van der Waals surface area contributed by atoms with Gasteiger partial charge in [-0.05, 0) is 48.7 Å². The van der Waals surface area contributed by atoms with Crippen LogP contribution in [0.1, 0.15) is 43.5 Å². The van der Waals surface area contributed by atoms with E-state index in [2.05, 4.69) is 37.1 Å². The second-order valence-corrected chi connectivity index (χ2v) is 5.79. The maximum atomic E-state index is 9.85. The Morgan fingerprint density at radius 2 is 1.76 bits per heavy atom. The predicted molar refractivity (Wildman–Crippen MR) is 90.0 cm³/mol. The lowest BCUT2D eigenvalue weighted by Crippen LogP contribution is -2.21. The molecule has 2 aromatic carbocycles. The Morgan fingerprint density at radius 1 is 1.10 bits per heavy atom. The highest BCUT2D eigenvalue weighted by Crippen LogP contribution is 2.28. The minimum absolute atomic E-state index is 0.227. The number of rotatable bonds is 5. The van der Waals surface area contributed by atoms with Crippen LogP contribution in [0.25, 0.3) is 0 Å². The molecule has 0 amide bonds. The lowest BCUT2D eigenvalue weighted by molar-refractivity contribution is 0.173. The lowest BCUT2D eigenvalue weighted by atomic mass is 10.0. The number of halogens is 1. The molecule has 0 aliphatic heterocycles. The molecule has 0 bridgehead atoms. The third kappa shape index (κ3) is 3.78. The molecule has 0 aliphatic carbocycles. The van der Waals surface area contributed by atoms with E-state index >= 15 is 0 Å². The largest absolute Gasteiger partial charge is 0.388 e. The molecular weight excluding hydrogens is 282 g/mol. The van der Waals surface area contributed by atoms with Gasteiger partial charge in [-0.1, -0.05) is 42.8 Å². The van der Waals surface area contributed by atoms with Crippen molar-refractivity contribution < 1.29 is 5.11 Å². The van der Waals surface area contributed by atoms with Crippen LogP contribution in [0.2, 0.25) is 5.02 Å². The first-order valence-corrected chi connectivity index (χ1v) is 7.67. The minimum Gasteiger partial charge on any atom is -0.388 e. The van der Waals surface area contributed by atoms with Gasteiger partial charge in [0.2, 0.25) is 0 Å². The van der Waals surface area contributed by atoms with Crippen molar-refractivity contribution in [3.05, 3.63) is 64.7 Å². The second kappa shape index (κ2) is 6.97. The summed E-state index contributed by atoms with van der Waals surface area (Å²) >= 11 is 6.06. The zero-order valence-electron chi connectivity index (χ0n) is 12.8. The maximum absolute atomic E-state index is 9.85. The number of anilines is 1. The zero-order valence-corrected chi connectivity index (χ0v) is 13.5. The number of aliphatic hydroxyl groups is 1. The Balaban J connectivity index is 2.17. The fourth-order valence-corrected chi connectivity index (χ4v) is 2.58. The van der Waals surface area contributed by atoms with Crippen molar-refractivity contribution in [2.24, 2.45) is 0 Å². The molecule has 0 fully saturated rings. The highest BCUT2D eigenvalue weighted by Gasteiger charge is 2.13. The molecule has 2 atom stereocenters. The summed E-state index contributed by atoms with van der Waals surface area (Å²) in [4.78, 5) is 2.20. The Morgan fingerprint density at radius 3 is 2.33 bits per heavy atom. The molecule has 21 heavy (non-hydrogen) atoms. The smallest absolute Gasteiger partial charge is 0.0787 e. The van der Waals surface area contributed by atoms with Gasteiger partial charge in [-0.15, -0.1) is 0 Å². The Bertz CT molecular complexity index is 582. The summed E-state index contributed by atoms with van der Waals surface area (Å²) in [7, 11) is 2.07. The van der Waals surface area contributed by atoms with Gasteiger partial charge in [0.1, 0.15) is 0 Å². The van der Waals surface area contributed by atoms with Gasteiger partial charge in [0, 0.05) is 17.8 Å². The van der Waals surface area contributed by atoms with Crippen LogP contribution in [0, 0.1) is 0 Å². The molecule has 0 spiro atoms. The summed E-state index contributed by atoms with van der Waals surface area (Å²) in [6.45, 7) is 4.13. The first-order valence-electron chi connectivity index (χ1n) is 7.29. The molecule has 0 saturated carbocycles. The highest BCUT2D eigenvalue weighted by atomic mass is 35.5. The van der Waals surface area contributed by atoms with Gasteiger partial charge in [0.15, 0.2) is 0 Å². The number of hydrogen-bond donors (Lipinski definition) is 1. The SMILES string of the molecule is CC[C@H](O)c1ccc(N(C)C(C)c2cccc(Cl)c2)cc1. The van der Waals surface area contributed by atoms with E-state index in [0.29, 0.717) is 0 Å². The van der Waals surface area contributed by atoms with Crippen molar-refractivity contribution in [1.82, 2.24) is 0 Å². The van der Waals surface area contributed by atoms with E-state index in [1.165, 1.54) is 5.56 Å². The van der Waals surface area contributed by atoms with E-state index in [-0.39, 0.29) is 12.1 Å². The van der Waals surface area contributed by atoms with E-state index in [9.17, 15) is 5.11 Å². The van der Waals surface area contributed by atoms with Crippen molar-refractivity contribution in [3.8, 4) is 0 Å². The number of hydrogen-bond acceptors (Lipinski definition) is 2. The maximum Gasteiger partial charge on any atom is 0.0787 e. The molecular formula is C18H22ClNO. The summed E-state index contributed by atoms with van der Waals surface area (Å²) in [5, 5.41) is 10.6. The Hall–Kier alpha value is -1.51. The molecule has 0 aliphatic rings. The molecule has 2 aromatic rings. The molecule has 2 nitrogen and oxygen atoms in total. The van der Waals surface area contributed by atoms with Gasteiger partial charge in [0.05, 0.1) is 12.1 Å². The average molecular weight is 304 g/mol. The Labute approximate surface area is 132 Å². The van der Waals surface area contributed by atoms with Crippen LogP contribution in [0.15, 0.2) is 48.5 Å². The van der Waals surface area contributed by atoms with E-state index < -0.39 is 0 Å². The molecule has 2 rings (SSSR count). The topological polar surface area (TPSA) is 23.5 Å². The van der Waals surface area contributed by atoms with Crippen molar-refractivity contribution in [1.29, 1.82) is 0 Å². The second-order valence-electron chi connectivity index (χ2n) is 5.36. The summed E-state index contributed by atoms with van der Waals surface area (Å²) in [6.07, 6.45) is 0.350. The molecule has 0 radical (unpaired) electrons. The molecule has 3 heteroatoms. The highest BCUT2D eigenvalue weighted by molar-refractivity contribution is 6.30. The number of nitrogens with zero attached hydrogens (tertiary/aromatic N) is 1. The van der Waals surface area contributed by atoms with Crippen LogP contribution >= 0.6 is 11.6 Å². The van der Waals surface area contributed by atoms with Crippen LogP contribution < -0.4 is 4.90 Å². The van der Waals surface area contributed by atoms with E-state index in [1.807, 2.05) is 37.3 Å². The van der Waals surface area contributed by atoms with Gasteiger partial charge >= 0.3 is 0 Å². The fraction of sp³-hybridized carbons (Fsp3) is 0.333. The molecule has 0 aromatic heterocycles. The first-order chi connectivity index (χ1) is 10.0.